The summed E-state index contributed by atoms with van der Waals surface area (Å²) in [6.07, 6.45) is -0.439. The number of hydrogen-bond acceptors (Lipinski definition) is 9. The molecule has 12 nitrogen and oxygen atoms in total. The molecule has 0 bridgehead atoms. The number of carboxylic acids is 1. The fourth-order valence-electron chi connectivity index (χ4n) is 4.09. The van der Waals surface area contributed by atoms with Crippen molar-refractivity contribution < 1.29 is 23.9 Å². The molecule has 2 aromatic carbocycles. The minimum atomic E-state index is -4.08. The minimum Gasteiger partial charge on any atom is -0.480 e. The van der Waals surface area contributed by atoms with Gasteiger partial charge < -0.3 is 20.3 Å². The van der Waals surface area contributed by atoms with Gasteiger partial charge in [-0.1, -0.05) is 13.8 Å². The van der Waals surface area contributed by atoms with Gasteiger partial charge in [-0.2, -0.15) is 20.5 Å². The Labute approximate surface area is 252 Å². The molecule has 0 aliphatic carbocycles. The summed E-state index contributed by atoms with van der Waals surface area (Å²) in [4.78, 5) is 21.4. The summed E-state index contributed by atoms with van der Waals surface area (Å²) in [5, 5.41) is 31.6. The number of nitrogens with zero attached hydrogens (tertiary/aromatic N) is 5. The largest absolute Gasteiger partial charge is 0.480 e. The molecule has 0 fully saturated rings. The molecule has 0 spiro atoms. The van der Waals surface area contributed by atoms with E-state index in [1.165, 1.54) is 43.0 Å². The third-order valence-corrected chi connectivity index (χ3v) is 9.91. The Morgan fingerprint density at radius 3 is 2.21 bits per heavy atom. The number of hydrogen-bond donors (Lipinski definition) is 3. The van der Waals surface area contributed by atoms with Crippen LogP contribution in [0, 0.1) is 42.4 Å². The monoisotopic (exact) mass is 655 g/mol. The molecule has 42 heavy (non-hydrogen) atoms. The van der Waals surface area contributed by atoms with Crippen LogP contribution in [0.4, 0.5) is 17.5 Å². The predicted molar refractivity (Wildman–Crippen MR) is 162 cm³/mol. The number of aryl methyl sites for hydroxylation is 2. The molecule has 0 radical (unpaired) electrons. The van der Waals surface area contributed by atoms with E-state index in [1.54, 1.807) is 39.8 Å². The Morgan fingerprint density at radius 2 is 1.74 bits per heavy atom. The van der Waals surface area contributed by atoms with Gasteiger partial charge in [0.1, 0.15) is 27.9 Å². The van der Waals surface area contributed by atoms with Crippen molar-refractivity contribution in [1.82, 2.24) is 15.1 Å². The van der Waals surface area contributed by atoms with Gasteiger partial charge in [-0.25, -0.2) is 9.76 Å². The first kappa shape index (κ1) is 32.5. The number of nitrogen functional groups attached to an aromatic ring is 1. The van der Waals surface area contributed by atoms with Crippen molar-refractivity contribution in [3.05, 3.63) is 63.1 Å². The third kappa shape index (κ3) is 6.56. The number of methoxy groups -OCH3 is 1. The Morgan fingerprint density at radius 1 is 1.17 bits per heavy atom. The SMILES string of the molecule is COCP(=O)(NC(C)(C(=O)O)C(C)C)N(c1ccc(C#N)cc1)c1nc(N)c(Br)c(Oc2c(C)cc(C#N)cc2C)n1. The van der Waals surface area contributed by atoms with Gasteiger partial charge in [-0.05, 0) is 90.1 Å². The van der Waals surface area contributed by atoms with E-state index in [0.29, 0.717) is 28.0 Å². The van der Waals surface area contributed by atoms with Gasteiger partial charge in [-0.15, -0.1) is 0 Å². The van der Waals surface area contributed by atoms with Gasteiger partial charge in [0, 0.05) is 7.11 Å². The molecular formula is C28H31BrN7O5P. The van der Waals surface area contributed by atoms with Crippen LogP contribution in [0.1, 0.15) is 43.0 Å². The van der Waals surface area contributed by atoms with Crippen LogP contribution >= 0.6 is 23.4 Å². The van der Waals surface area contributed by atoms with Crippen LogP contribution < -0.4 is 20.2 Å². The number of carboxylic acid groups (broad SMARTS) is 1. The lowest BCUT2D eigenvalue weighted by molar-refractivity contribution is -0.145. The van der Waals surface area contributed by atoms with Crippen LogP contribution in [0.2, 0.25) is 0 Å². The molecule has 4 N–H and O–H groups in total. The lowest BCUT2D eigenvalue weighted by Crippen LogP contribution is -2.54. The second-order valence-corrected chi connectivity index (χ2v) is 13.1. The maximum Gasteiger partial charge on any atom is 0.324 e. The molecule has 3 rings (SSSR count). The summed E-state index contributed by atoms with van der Waals surface area (Å²) in [5.41, 5.74) is 7.04. The highest BCUT2D eigenvalue weighted by Crippen LogP contribution is 2.55. The van der Waals surface area contributed by atoms with E-state index in [1.807, 2.05) is 6.07 Å². The highest BCUT2D eigenvalue weighted by Gasteiger charge is 2.46. The maximum absolute atomic E-state index is 14.9. The normalized spacial score (nSPS) is 13.9. The van der Waals surface area contributed by atoms with Gasteiger partial charge in [0.05, 0.1) is 29.0 Å². The number of aromatic nitrogens is 2. The van der Waals surface area contributed by atoms with Gasteiger partial charge in [0.25, 0.3) is 7.44 Å². The van der Waals surface area contributed by atoms with Crippen LogP contribution in [-0.4, -0.2) is 40.0 Å². The Balaban J connectivity index is 2.30. The number of nitrogens with two attached hydrogens (primary N) is 1. The van der Waals surface area contributed by atoms with E-state index in [4.69, 9.17) is 15.2 Å². The van der Waals surface area contributed by atoms with Crippen molar-refractivity contribution in [3.63, 3.8) is 0 Å². The molecule has 2 unspecified atom stereocenters. The van der Waals surface area contributed by atoms with Crippen molar-refractivity contribution in [3.8, 4) is 23.8 Å². The summed E-state index contributed by atoms with van der Waals surface area (Å²) in [5.74, 6) is -1.53. The molecule has 0 saturated carbocycles. The summed E-state index contributed by atoms with van der Waals surface area (Å²) in [6.45, 7) is 8.36. The van der Waals surface area contributed by atoms with Crippen molar-refractivity contribution in [2.24, 2.45) is 5.92 Å². The molecule has 3 aromatic rings. The Bertz CT molecular complexity index is 1610. The van der Waals surface area contributed by atoms with E-state index in [9.17, 15) is 25.0 Å². The van der Waals surface area contributed by atoms with Crippen molar-refractivity contribution >= 4 is 46.8 Å². The summed E-state index contributed by atoms with van der Waals surface area (Å²) in [7, 11) is -2.75. The van der Waals surface area contributed by atoms with E-state index in [2.05, 4.69) is 37.1 Å². The first-order valence-electron chi connectivity index (χ1n) is 12.6. The molecule has 1 aromatic heterocycles. The number of halogens is 1. The molecule has 1 heterocycles. The average molecular weight is 656 g/mol. The van der Waals surface area contributed by atoms with Crippen LogP contribution in [0.25, 0.3) is 0 Å². The summed E-state index contributed by atoms with van der Waals surface area (Å²) < 4.78 is 27.9. The average Bonchev–Trinajstić information content (AvgIpc) is 2.93. The highest BCUT2D eigenvalue weighted by molar-refractivity contribution is 9.10. The zero-order chi connectivity index (χ0) is 31.4. The third-order valence-electron chi connectivity index (χ3n) is 6.69. The molecule has 0 amide bonds. The zero-order valence-corrected chi connectivity index (χ0v) is 26.4. The smallest absolute Gasteiger partial charge is 0.324 e. The Hall–Kier alpha value is -4.00. The first-order chi connectivity index (χ1) is 19.7. The molecule has 220 valence electrons. The van der Waals surface area contributed by atoms with Crippen LogP contribution in [-0.2, 0) is 14.1 Å². The van der Waals surface area contributed by atoms with Gasteiger partial charge in [-0.3, -0.25) is 9.36 Å². The van der Waals surface area contributed by atoms with Gasteiger partial charge in [0.15, 0.2) is 0 Å². The number of aliphatic carboxylic acids is 1. The number of ether oxygens (including phenoxy) is 2. The fraction of sp³-hybridized carbons (Fsp3) is 0.321. The van der Waals surface area contributed by atoms with Gasteiger partial charge >= 0.3 is 5.97 Å². The lowest BCUT2D eigenvalue weighted by atomic mass is 9.90. The van der Waals surface area contributed by atoms with Crippen molar-refractivity contribution in [2.75, 3.05) is 23.9 Å². The summed E-state index contributed by atoms with van der Waals surface area (Å²) in [6, 6.07) is 13.6. The number of rotatable bonds is 11. The molecule has 0 aliphatic heterocycles. The Kier molecular flexibility index (Phi) is 9.98. The van der Waals surface area contributed by atoms with E-state index >= 15 is 0 Å². The number of anilines is 3. The van der Waals surface area contributed by atoms with Crippen LogP contribution in [0.3, 0.4) is 0 Å². The molecule has 0 saturated heterocycles. The molecule has 2 atom stereocenters. The summed E-state index contributed by atoms with van der Waals surface area (Å²) >= 11 is 3.37. The first-order valence-corrected chi connectivity index (χ1v) is 15.3. The van der Waals surface area contributed by atoms with Crippen molar-refractivity contribution in [2.45, 2.75) is 40.2 Å². The molecule has 0 aliphatic rings. The number of nitrogens with one attached hydrogen (secondary N) is 1. The standard InChI is InChI=1S/C28H31BrN7O5P/c1-16(2)28(5,26(37)38)35-42(39,15-40-6)36(21-9-7-19(13-30)8-10-21)27-33-24(32)22(29)25(34-27)41-23-17(3)11-20(14-31)12-18(23)4/h7-12,16H,15H2,1-6H3,(H,35,39)(H,37,38)(H2,32,33,34). The topological polar surface area (TPSA) is 187 Å². The highest BCUT2D eigenvalue weighted by atomic mass is 79.9. The predicted octanol–water partition coefficient (Wildman–Crippen LogP) is 6.00. The number of carbonyl (C=O) groups is 1. The quantitative estimate of drug-likeness (QED) is 0.205. The fourth-order valence-corrected chi connectivity index (χ4v) is 6.94. The van der Waals surface area contributed by atoms with Gasteiger partial charge in [0.2, 0.25) is 11.8 Å². The maximum atomic E-state index is 14.9. The zero-order valence-electron chi connectivity index (χ0n) is 24.0. The lowest BCUT2D eigenvalue weighted by Gasteiger charge is -2.39. The van der Waals surface area contributed by atoms with E-state index < -0.39 is 31.2 Å². The van der Waals surface area contributed by atoms with E-state index in [-0.39, 0.29) is 27.8 Å². The number of nitriles is 2. The minimum absolute atomic E-state index is 0.0131. The van der Waals surface area contributed by atoms with Crippen LogP contribution in [0.15, 0.2) is 40.9 Å². The number of benzene rings is 2. The second kappa shape index (κ2) is 12.9. The molecule has 14 heteroatoms. The van der Waals surface area contributed by atoms with Crippen LogP contribution in [0.5, 0.6) is 11.6 Å². The van der Waals surface area contributed by atoms with Crippen molar-refractivity contribution in [1.29, 1.82) is 10.5 Å². The second-order valence-electron chi connectivity index (χ2n) is 10.0. The van der Waals surface area contributed by atoms with E-state index in [0.717, 1.165) is 0 Å². The molecular weight excluding hydrogens is 625 g/mol.